The molecule has 0 N–H and O–H groups in total. The van der Waals surface area contributed by atoms with Gasteiger partial charge in [-0.1, -0.05) is 56.7 Å². The fourth-order valence-electron chi connectivity index (χ4n) is 2.98. The molecule has 0 heterocycles. The van der Waals surface area contributed by atoms with Gasteiger partial charge < -0.3 is 9.47 Å². The highest BCUT2D eigenvalue weighted by molar-refractivity contribution is 6.30. The lowest BCUT2D eigenvalue weighted by atomic mass is 10.1. The maximum absolute atomic E-state index is 11.2. The highest BCUT2D eigenvalue weighted by atomic mass is 35.5. The molecule has 32 heavy (non-hydrogen) atoms. The standard InChI is InChI=1S/C26H33ClN2O3/c1-21(2)26(30)32-20-10-8-6-4-3-5-7-9-19-31-25-17-15-24(16-18-25)29-28-23-13-11-22(27)12-14-23/h11-18H,1,3-10,19-20H2,2H3. The number of carbonyl (C=O) groups is 1. The number of halogens is 1. The number of rotatable bonds is 15. The van der Waals surface area contributed by atoms with E-state index in [0.29, 0.717) is 17.2 Å². The van der Waals surface area contributed by atoms with Crippen molar-refractivity contribution in [1.82, 2.24) is 0 Å². The normalized spacial score (nSPS) is 10.9. The van der Waals surface area contributed by atoms with E-state index < -0.39 is 0 Å². The number of ether oxygens (including phenoxy) is 2. The minimum Gasteiger partial charge on any atom is -0.494 e. The van der Waals surface area contributed by atoms with E-state index in [4.69, 9.17) is 21.1 Å². The predicted molar refractivity (Wildman–Crippen MR) is 130 cm³/mol. The molecule has 0 saturated carbocycles. The van der Waals surface area contributed by atoms with E-state index in [9.17, 15) is 4.79 Å². The highest BCUT2D eigenvalue weighted by Gasteiger charge is 2.02. The first-order valence-corrected chi connectivity index (χ1v) is 11.7. The van der Waals surface area contributed by atoms with Gasteiger partial charge in [0, 0.05) is 10.6 Å². The molecule has 0 bridgehead atoms. The lowest BCUT2D eigenvalue weighted by Gasteiger charge is -2.06. The third-order valence-electron chi connectivity index (χ3n) is 4.83. The summed E-state index contributed by atoms with van der Waals surface area (Å²) in [5.41, 5.74) is 2.00. The molecule has 0 radical (unpaired) electrons. The largest absolute Gasteiger partial charge is 0.494 e. The molecule has 0 amide bonds. The molecule has 0 atom stereocenters. The molecule has 0 saturated heterocycles. The Morgan fingerprint density at radius 1 is 0.781 bits per heavy atom. The van der Waals surface area contributed by atoms with Crippen LogP contribution in [0.2, 0.25) is 5.02 Å². The number of benzene rings is 2. The van der Waals surface area contributed by atoms with Crippen LogP contribution in [-0.4, -0.2) is 19.2 Å². The van der Waals surface area contributed by atoms with Crippen LogP contribution in [0.15, 0.2) is 70.9 Å². The Morgan fingerprint density at radius 3 is 1.78 bits per heavy atom. The van der Waals surface area contributed by atoms with Gasteiger partial charge in [-0.25, -0.2) is 4.79 Å². The molecule has 6 heteroatoms. The number of azo groups is 1. The summed E-state index contributed by atoms with van der Waals surface area (Å²) in [5.74, 6) is 0.561. The summed E-state index contributed by atoms with van der Waals surface area (Å²) in [7, 11) is 0. The zero-order valence-electron chi connectivity index (χ0n) is 18.9. The van der Waals surface area contributed by atoms with Gasteiger partial charge in [-0.15, -0.1) is 0 Å². The SMILES string of the molecule is C=C(C)C(=O)OCCCCCCCCCCOc1ccc(N=Nc2ccc(Cl)cc2)cc1. The van der Waals surface area contributed by atoms with Gasteiger partial charge in [-0.3, -0.25) is 0 Å². The molecule has 0 aliphatic heterocycles. The van der Waals surface area contributed by atoms with E-state index in [2.05, 4.69) is 16.8 Å². The molecule has 0 aromatic heterocycles. The first-order valence-electron chi connectivity index (χ1n) is 11.3. The number of carbonyl (C=O) groups excluding carboxylic acids is 1. The van der Waals surface area contributed by atoms with Crippen molar-refractivity contribution in [3.8, 4) is 5.75 Å². The first-order chi connectivity index (χ1) is 15.5. The third kappa shape index (κ3) is 11.1. The Balaban J connectivity index is 1.47. The first kappa shape index (κ1) is 25.6. The summed E-state index contributed by atoms with van der Waals surface area (Å²) in [5, 5.41) is 9.10. The van der Waals surface area contributed by atoms with Crippen LogP contribution in [0, 0.1) is 0 Å². The Bertz CT molecular complexity index is 848. The van der Waals surface area contributed by atoms with Crippen molar-refractivity contribution in [1.29, 1.82) is 0 Å². The predicted octanol–water partition coefficient (Wildman–Crippen LogP) is 8.37. The topological polar surface area (TPSA) is 60.2 Å². The second kappa shape index (κ2) is 15.2. The van der Waals surface area contributed by atoms with Crippen LogP contribution in [0.1, 0.15) is 58.3 Å². The summed E-state index contributed by atoms with van der Waals surface area (Å²) in [6, 6.07) is 14.9. The molecule has 172 valence electrons. The van der Waals surface area contributed by atoms with E-state index in [0.717, 1.165) is 43.0 Å². The molecule has 0 fully saturated rings. The van der Waals surface area contributed by atoms with Gasteiger partial charge in [0.05, 0.1) is 24.6 Å². The molecule has 0 spiro atoms. The number of esters is 1. The minimum atomic E-state index is -0.289. The van der Waals surface area contributed by atoms with Crippen molar-refractivity contribution < 1.29 is 14.3 Å². The molecule has 0 aliphatic rings. The third-order valence-corrected chi connectivity index (χ3v) is 5.09. The van der Waals surface area contributed by atoms with E-state index in [1.54, 1.807) is 19.1 Å². The zero-order chi connectivity index (χ0) is 23.0. The maximum Gasteiger partial charge on any atom is 0.333 e. The lowest BCUT2D eigenvalue weighted by Crippen LogP contribution is -2.05. The van der Waals surface area contributed by atoms with Crippen molar-refractivity contribution in [2.45, 2.75) is 58.3 Å². The van der Waals surface area contributed by atoms with Crippen molar-refractivity contribution in [2.75, 3.05) is 13.2 Å². The van der Waals surface area contributed by atoms with Gasteiger partial charge in [0.2, 0.25) is 0 Å². The Labute approximate surface area is 196 Å². The quantitative estimate of drug-likeness (QED) is 0.117. The Kier molecular flexibility index (Phi) is 12.2. The fourth-order valence-corrected chi connectivity index (χ4v) is 3.10. The second-order valence-corrected chi connectivity index (χ2v) is 8.20. The average molecular weight is 457 g/mol. The number of hydrogen-bond donors (Lipinski definition) is 0. The van der Waals surface area contributed by atoms with E-state index in [-0.39, 0.29) is 5.97 Å². The van der Waals surface area contributed by atoms with Gasteiger partial charge in [0.25, 0.3) is 0 Å². The molecule has 0 unspecified atom stereocenters. The zero-order valence-corrected chi connectivity index (χ0v) is 19.7. The summed E-state index contributed by atoms with van der Waals surface area (Å²) in [4.78, 5) is 11.2. The molecule has 2 aromatic rings. The van der Waals surface area contributed by atoms with Crippen LogP contribution in [0.3, 0.4) is 0 Å². The van der Waals surface area contributed by atoms with Gasteiger partial charge in [0.15, 0.2) is 0 Å². The smallest absolute Gasteiger partial charge is 0.333 e. The van der Waals surface area contributed by atoms with E-state index in [1.165, 1.54) is 32.1 Å². The van der Waals surface area contributed by atoms with E-state index >= 15 is 0 Å². The molecular formula is C26H33ClN2O3. The van der Waals surface area contributed by atoms with Crippen LogP contribution in [0.4, 0.5) is 11.4 Å². The van der Waals surface area contributed by atoms with Gasteiger partial charge in [0.1, 0.15) is 5.75 Å². The molecular weight excluding hydrogens is 424 g/mol. The van der Waals surface area contributed by atoms with E-state index in [1.807, 2.05) is 36.4 Å². The number of hydrogen-bond acceptors (Lipinski definition) is 5. The summed E-state index contributed by atoms with van der Waals surface area (Å²) in [6.07, 6.45) is 9.11. The number of unbranched alkanes of at least 4 members (excludes halogenated alkanes) is 7. The maximum atomic E-state index is 11.2. The van der Waals surface area contributed by atoms with Crippen molar-refractivity contribution in [3.05, 3.63) is 65.7 Å². The Hall–Kier alpha value is -2.66. The molecule has 2 aromatic carbocycles. The number of nitrogens with zero attached hydrogens (tertiary/aromatic N) is 2. The van der Waals surface area contributed by atoms with Gasteiger partial charge >= 0.3 is 5.97 Å². The van der Waals surface area contributed by atoms with Crippen molar-refractivity contribution in [3.63, 3.8) is 0 Å². The fraction of sp³-hybridized carbons (Fsp3) is 0.423. The minimum absolute atomic E-state index is 0.289. The van der Waals surface area contributed by atoms with Crippen molar-refractivity contribution >= 4 is 28.9 Å². The monoisotopic (exact) mass is 456 g/mol. The van der Waals surface area contributed by atoms with Gasteiger partial charge in [-0.2, -0.15) is 10.2 Å². The average Bonchev–Trinajstić information content (AvgIpc) is 2.80. The van der Waals surface area contributed by atoms with Crippen LogP contribution in [-0.2, 0) is 9.53 Å². The molecule has 2 rings (SSSR count). The van der Waals surface area contributed by atoms with Crippen LogP contribution < -0.4 is 4.74 Å². The highest BCUT2D eigenvalue weighted by Crippen LogP contribution is 2.22. The van der Waals surface area contributed by atoms with Crippen molar-refractivity contribution in [2.24, 2.45) is 10.2 Å². The lowest BCUT2D eigenvalue weighted by molar-refractivity contribution is -0.139. The molecule has 5 nitrogen and oxygen atoms in total. The summed E-state index contributed by atoms with van der Waals surface area (Å²) in [6.45, 7) is 6.46. The van der Waals surface area contributed by atoms with Crippen LogP contribution >= 0.6 is 11.6 Å². The van der Waals surface area contributed by atoms with Crippen LogP contribution in [0.25, 0.3) is 0 Å². The Morgan fingerprint density at radius 2 is 1.25 bits per heavy atom. The molecule has 0 aliphatic carbocycles. The summed E-state index contributed by atoms with van der Waals surface area (Å²) < 4.78 is 10.9. The van der Waals surface area contributed by atoms with Crippen LogP contribution in [0.5, 0.6) is 5.75 Å². The second-order valence-electron chi connectivity index (χ2n) is 7.76. The van der Waals surface area contributed by atoms with Gasteiger partial charge in [-0.05, 0) is 68.3 Å². The summed E-state index contributed by atoms with van der Waals surface area (Å²) >= 11 is 5.87.